The number of amides is 2. The number of urea groups is 1. The number of carboxylic acid groups (broad SMARTS) is 1. The first kappa shape index (κ1) is 21.1. The summed E-state index contributed by atoms with van der Waals surface area (Å²) >= 11 is 0. The number of nitrogens with zero attached hydrogens (tertiary/aromatic N) is 4. The quantitative estimate of drug-likeness (QED) is 0.802. The monoisotopic (exact) mass is 414 g/mol. The number of fused-ring (bicyclic) bond motifs is 1. The highest BCUT2D eigenvalue weighted by atomic mass is 16.4. The lowest BCUT2D eigenvalue weighted by Crippen LogP contribution is -2.53. The van der Waals surface area contributed by atoms with E-state index in [1.807, 2.05) is 9.80 Å². The minimum Gasteiger partial charge on any atom is -0.481 e. The molecule has 164 valence electrons. The van der Waals surface area contributed by atoms with Gasteiger partial charge in [-0.2, -0.15) is 0 Å². The summed E-state index contributed by atoms with van der Waals surface area (Å²) < 4.78 is 0. The van der Waals surface area contributed by atoms with Gasteiger partial charge in [-0.15, -0.1) is 0 Å². The number of likely N-dealkylation sites (tertiary alicyclic amines) is 1. The molecule has 0 aliphatic carbocycles. The summed E-state index contributed by atoms with van der Waals surface area (Å²) in [7, 11) is 2.16. The molecule has 3 heterocycles. The standard InChI is InChI=1S/C23H34N4O3/c1-17(22(28)29)16-25-10-4-3-5-21(25)27-14-13-26(23(27)30)20-7-6-18-8-11-24(2)12-9-19(18)15-20/h6-7,15,17,21H,3-5,8-14,16H2,1-2H3,(H,28,29). The normalized spacial score (nSPS) is 24.6. The number of carboxylic acids is 1. The predicted octanol–water partition coefficient (Wildman–Crippen LogP) is 2.49. The minimum absolute atomic E-state index is 0.00697. The topological polar surface area (TPSA) is 67.3 Å². The van der Waals surface area contributed by atoms with Gasteiger partial charge >= 0.3 is 12.0 Å². The first-order chi connectivity index (χ1) is 14.4. The summed E-state index contributed by atoms with van der Waals surface area (Å²) in [6.07, 6.45) is 5.15. The van der Waals surface area contributed by atoms with E-state index >= 15 is 0 Å². The van der Waals surface area contributed by atoms with E-state index in [0.29, 0.717) is 19.6 Å². The number of carbonyl (C=O) groups is 2. The zero-order chi connectivity index (χ0) is 21.3. The molecule has 0 radical (unpaired) electrons. The van der Waals surface area contributed by atoms with Gasteiger partial charge in [0.1, 0.15) is 0 Å². The van der Waals surface area contributed by atoms with Gasteiger partial charge in [-0.3, -0.25) is 14.6 Å². The van der Waals surface area contributed by atoms with E-state index in [2.05, 4.69) is 35.0 Å². The van der Waals surface area contributed by atoms with Crippen LogP contribution < -0.4 is 4.90 Å². The molecule has 7 heteroatoms. The number of likely N-dealkylation sites (N-methyl/N-ethyl adjacent to an activating group) is 1. The number of benzene rings is 1. The molecule has 1 N–H and O–H groups in total. The summed E-state index contributed by atoms with van der Waals surface area (Å²) in [4.78, 5) is 33.1. The van der Waals surface area contributed by atoms with Gasteiger partial charge in [-0.1, -0.05) is 13.0 Å². The number of rotatable bonds is 5. The van der Waals surface area contributed by atoms with Crippen molar-refractivity contribution < 1.29 is 14.7 Å². The van der Waals surface area contributed by atoms with Crippen LogP contribution in [0.2, 0.25) is 0 Å². The SMILES string of the molecule is CC(CN1CCCCC1N1CCN(c2ccc3c(c2)CCN(C)CC3)C1=O)C(=O)O. The summed E-state index contributed by atoms with van der Waals surface area (Å²) in [5.41, 5.74) is 3.75. The number of hydrogen-bond donors (Lipinski definition) is 1. The van der Waals surface area contributed by atoms with Crippen LogP contribution in [0.25, 0.3) is 0 Å². The van der Waals surface area contributed by atoms with Crippen LogP contribution in [0, 0.1) is 5.92 Å². The van der Waals surface area contributed by atoms with Crippen LogP contribution in [-0.2, 0) is 17.6 Å². The maximum absolute atomic E-state index is 13.4. The molecule has 2 saturated heterocycles. The average Bonchev–Trinajstić information content (AvgIpc) is 3.01. The Balaban J connectivity index is 1.49. The summed E-state index contributed by atoms with van der Waals surface area (Å²) in [6.45, 7) is 6.62. The third-order valence-electron chi connectivity index (χ3n) is 6.94. The molecule has 2 atom stereocenters. The Hall–Kier alpha value is -2.12. The van der Waals surface area contributed by atoms with E-state index in [1.54, 1.807) is 6.92 Å². The molecule has 1 aromatic carbocycles. The third kappa shape index (κ3) is 4.32. The fourth-order valence-electron chi connectivity index (χ4n) is 5.03. The summed E-state index contributed by atoms with van der Waals surface area (Å²) in [5, 5.41) is 9.32. The molecule has 3 aliphatic heterocycles. The van der Waals surface area contributed by atoms with Crippen LogP contribution >= 0.6 is 0 Å². The van der Waals surface area contributed by atoms with Crippen LogP contribution in [0.4, 0.5) is 10.5 Å². The van der Waals surface area contributed by atoms with Crippen molar-refractivity contribution in [2.45, 2.75) is 45.2 Å². The summed E-state index contributed by atoms with van der Waals surface area (Å²) in [6, 6.07) is 6.56. The number of anilines is 1. The second-order valence-corrected chi connectivity index (χ2v) is 9.09. The molecule has 0 bridgehead atoms. The van der Waals surface area contributed by atoms with E-state index in [4.69, 9.17) is 0 Å². The van der Waals surface area contributed by atoms with Crippen molar-refractivity contribution in [3.05, 3.63) is 29.3 Å². The largest absolute Gasteiger partial charge is 0.481 e. The molecule has 4 rings (SSSR count). The minimum atomic E-state index is -0.774. The van der Waals surface area contributed by atoms with E-state index in [1.165, 1.54) is 11.1 Å². The van der Waals surface area contributed by atoms with E-state index in [0.717, 1.165) is 57.4 Å². The number of hydrogen-bond acceptors (Lipinski definition) is 4. The van der Waals surface area contributed by atoms with E-state index in [9.17, 15) is 14.7 Å². The second-order valence-electron chi connectivity index (χ2n) is 9.09. The average molecular weight is 415 g/mol. The van der Waals surface area contributed by atoms with Gasteiger partial charge in [0.15, 0.2) is 0 Å². The zero-order valence-electron chi connectivity index (χ0n) is 18.2. The van der Waals surface area contributed by atoms with Gasteiger partial charge in [-0.05, 0) is 62.4 Å². The van der Waals surface area contributed by atoms with Gasteiger partial charge in [0.2, 0.25) is 0 Å². The maximum atomic E-state index is 13.4. The van der Waals surface area contributed by atoms with Crippen molar-refractivity contribution in [2.75, 3.05) is 51.2 Å². The van der Waals surface area contributed by atoms with E-state index < -0.39 is 11.9 Å². The first-order valence-corrected chi connectivity index (χ1v) is 11.3. The predicted molar refractivity (Wildman–Crippen MR) is 117 cm³/mol. The van der Waals surface area contributed by atoms with Crippen molar-refractivity contribution >= 4 is 17.7 Å². The first-order valence-electron chi connectivity index (χ1n) is 11.3. The Morgan fingerprint density at radius 2 is 1.87 bits per heavy atom. The molecule has 2 amide bonds. The highest BCUT2D eigenvalue weighted by molar-refractivity contribution is 5.94. The van der Waals surface area contributed by atoms with Crippen LogP contribution in [0.5, 0.6) is 0 Å². The van der Waals surface area contributed by atoms with Gasteiger partial charge in [0, 0.05) is 45.0 Å². The Kier molecular flexibility index (Phi) is 6.29. The van der Waals surface area contributed by atoms with Gasteiger partial charge < -0.3 is 14.9 Å². The third-order valence-corrected chi connectivity index (χ3v) is 6.94. The van der Waals surface area contributed by atoms with Crippen molar-refractivity contribution in [3.8, 4) is 0 Å². The van der Waals surface area contributed by atoms with Crippen LogP contribution in [0.1, 0.15) is 37.3 Å². The Labute approximate surface area is 179 Å². The molecule has 0 spiro atoms. The molecule has 2 fully saturated rings. The lowest BCUT2D eigenvalue weighted by molar-refractivity contribution is -0.142. The van der Waals surface area contributed by atoms with Crippen molar-refractivity contribution in [2.24, 2.45) is 5.92 Å². The molecule has 0 saturated carbocycles. The molecule has 0 aromatic heterocycles. The maximum Gasteiger partial charge on any atom is 0.325 e. The second kappa shape index (κ2) is 8.94. The lowest BCUT2D eigenvalue weighted by atomic mass is 10.0. The molecule has 2 unspecified atom stereocenters. The molecular weight excluding hydrogens is 380 g/mol. The van der Waals surface area contributed by atoms with Crippen LogP contribution in [0.15, 0.2) is 18.2 Å². The van der Waals surface area contributed by atoms with Crippen molar-refractivity contribution in [3.63, 3.8) is 0 Å². The highest BCUT2D eigenvalue weighted by Crippen LogP contribution is 2.29. The van der Waals surface area contributed by atoms with Crippen molar-refractivity contribution in [1.82, 2.24) is 14.7 Å². The smallest absolute Gasteiger partial charge is 0.325 e. The molecule has 30 heavy (non-hydrogen) atoms. The fraction of sp³-hybridized carbons (Fsp3) is 0.652. The molecule has 3 aliphatic rings. The molecule has 1 aromatic rings. The Morgan fingerprint density at radius 1 is 1.10 bits per heavy atom. The number of piperidine rings is 1. The molecular formula is C23H34N4O3. The zero-order valence-corrected chi connectivity index (χ0v) is 18.2. The van der Waals surface area contributed by atoms with Crippen LogP contribution in [-0.4, -0.2) is 84.3 Å². The number of carbonyl (C=O) groups excluding carboxylic acids is 1. The number of aliphatic carboxylic acids is 1. The van der Waals surface area contributed by atoms with Gasteiger partial charge in [-0.25, -0.2) is 4.79 Å². The molecule has 7 nitrogen and oxygen atoms in total. The summed E-state index contributed by atoms with van der Waals surface area (Å²) in [5.74, 6) is -1.20. The Bertz CT molecular complexity index is 799. The Morgan fingerprint density at radius 3 is 2.63 bits per heavy atom. The van der Waals surface area contributed by atoms with Crippen molar-refractivity contribution in [1.29, 1.82) is 0 Å². The van der Waals surface area contributed by atoms with E-state index in [-0.39, 0.29) is 12.2 Å². The van der Waals surface area contributed by atoms with Gasteiger partial charge in [0.05, 0.1) is 12.1 Å². The fourth-order valence-corrected chi connectivity index (χ4v) is 5.03. The highest BCUT2D eigenvalue weighted by Gasteiger charge is 2.39. The van der Waals surface area contributed by atoms with Gasteiger partial charge in [0.25, 0.3) is 0 Å². The lowest BCUT2D eigenvalue weighted by Gasteiger charge is -2.41. The van der Waals surface area contributed by atoms with Crippen LogP contribution in [0.3, 0.4) is 0 Å².